The van der Waals surface area contributed by atoms with Gasteiger partial charge in [0.1, 0.15) is 0 Å². The van der Waals surface area contributed by atoms with Crippen LogP contribution in [0.1, 0.15) is 11.1 Å². The average molecular weight is 433 g/mol. The molecule has 160 valence electrons. The first-order chi connectivity index (χ1) is 16.8. The van der Waals surface area contributed by atoms with Crippen molar-refractivity contribution in [2.75, 3.05) is 0 Å². The molecule has 0 amide bonds. The van der Waals surface area contributed by atoms with Gasteiger partial charge in [0.25, 0.3) is 0 Å². The lowest BCUT2D eigenvalue weighted by atomic mass is 9.82. The summed E-state index contributed by atoms with van der Waals surface area (Å²) in [6, 6.07) is 39.1. The molecule has 0 aliphatic rings. The van der Waals surface area contributed by atoms with Crippen LogP contribution >= 0.6 is 0 Å². The lowest BCUT2D eigenvalue weighted by Crippen LogP contribution is -1.96. The van der Waals surface area contributed by atoms with Crippen molar-refractivity contribution in [3.63, 3.8) is 0 Å². The smallest absolute Gasteiger partial charge is 0.00204 e. The molecule has 0 bridgehead atoms. The second-order valence-electron chi connectivity index (χ2n) is 8.62. The van der Waals surface area contributed by atoms with E-state index < -0.39 is 0 Å². The molecule has 34 heavy (non-hydrogen) atoms. The minimum atomic E-state index is 1.12. The van der Waals surface area contributed by atoms with E-state index in [4.69, 9.17) is 0 Å². The summed E-state index contributed by atoms with van der Waals surface area (Å²) in [7, 11) is 0. The van der Waals surface area contributed by atoms with E-state index in [0.717, 1.165) is 11.1 Å². The lowest BCUT2D eigenvalue weighted by Gasteiger charge is -2.21. The van der Waals surface area contributed by atoms with Crippen molar-refractivity contribution in [2.24, 2.45) is 0 Å². The van der Waals surface area contributed by atoms with Crippen LogP contribution in [-0.4, -0.2) is 0 Å². The molecule has 0 saturated carbocycles. The van der Waals surface area contributed by atoms with Gasteiger partial charge < -0.3 is 0 Å². The lowest BCUT2D eigenvalue weighted by molar-refractivity contribution is 1.60. The topological polar surface area (TPSA) is 0 Å². The minimum Gasteiger partial charge on any atom is -0.0984 e. The molecule has 0 saturated heterocycles. The normalized spacial score (nSPS) is 11.2. The Balaban J connectivity index is 1.77. The van der Waals surface area contributed by atoms with Gasteiger partial charge in [-0.2, -0.15) is 0 Å². The third-order valence-electron chi connectivity index (χ3n) is 6.80. The van der Waals surface area contributed by atoms with Gasteiger partial charge in [-0.05, 0) is 71.8 Å². The standard InChI is InChI=1S/C34H24/c1-3-27-28(4-2)34(30-19-11-15-24-13-7-8-16-29(24)30)32-18-10-9-17-31(32)33(27)26-21-20-23-12-5-6-14-25(23)22-26/h3-22H,1-2H2. The van der Waals surface area contributed by atoms with Gasteiger partial charge in [-0.1, -0.05) is 128 Å². The Bertz CT molecular complexity index is 1730. The van der Waals surface area contributed by atoms with Gasteiger partial charge in [-0.3, -0.25) is 0 Å². The first kappa shape index (κ1) is 20.2. The van der Waals surface area contributed by atoms with Gasteiger partial charge in [-0.25, -0.2) is 0 Å². The van der Waals surface area contributed by atoms with Crippen molar-refractivity contribution in [1.29, 1.82) is 0 Å². The molecule has 0 aliphatic carbocycles. The highest BCUT2D eigenvalue weighted by atomic mass is 14.2. The van der Waals surface area contributed by atoms with Crippen LogP contribution in [0, 0.1) is 0 Å². The summed E-state index contributed by atoms with van der Waals surface area (Å²) in [4.78, 5) is 0. The number of fused-ring (bicyclic) bond motifs is 3. The van der Waals surface area contributed by atoms with Gasteiger partial charge in [0.05, 0.1) is 0 Å². The second-order valence-corrected chi connectivity index (χ2v) is 8.62. The van der Waals surface area contributed by atoms with E-state index in [1.807, 2.05) is 12.2 Å². The second kappa shape index (κ2) is 8.17. The fourth-order valence-electron chi connectivity index (χ4n) is 5.29. The van der Waals surface area contributed by atoms with Gasteiger partial charge in [0.15, 0.2) is 0 Å². The van der Waals surface area contributed by atoms with Crippen LogP contribution in [0.5, 0.6) is 0 Å². The summed E-state index contributed by atoms with van der Waals surface area (Å²) in [5, 5.41) is 7.40. The van der Waals surface area contributed by atoms with Crippen LogP contribution in [0.3, 0.4) is 0 Å². The number of benzene rings is 6. The predicted molar refractivity (Wildman–Crippen MR) is 150 cm³/mol. The van der Waals surface area contributed by atoms with Gasteiger partial charge >= 0.3 is 0 Å². The van der Waals surface area contributed by atoms with Gasteiger partial charge in [0, 0.05) is 0 Å². The summed E-state index contributed by atoms with van der Waals surface area (Å²) in [6.45, 7) is 8.49. The molecule has 6 aromatic rings. The molecule has 0 N–H and O–H groups in total. The van der Waals surface area contributed by atoms with Crippen molar-refractivity contribution < 1.29 is 0 Å². The first-order valence-electron chi connectivity index (χ1n) is 11.6. The zero-order chi connectivity index (χ0) is 23.1. The Labute approximate surface area is 200 Å². The zero-order valence-corrected chi connectivity index (χ0v) is 19.0. The molecule has 0 fully saturated rings. The minimum absolute atomic E-state index is 1.12. The van der Waals surface area contributed by atoms with Crippen LogP contribution < -0.4 is 0 Å². The molecule has 0 heteroatoms. The van der Waals surface area contributed by atoms with Crippen LogP contribution in [-0.2, 0) is 0 Å². The molecule has 0 heterocycles. The molecule has 6 rings (SSSR count). The number of hydrogen-bond donors (Lipinski definition) is 0. The summed E-state index contributed by atoms with van der Waals surface area (Å²) >= 11 is 0. The highest BCUT2D eigenvalue weighted by molar-refractivity contribution is 6.15. The molecular formula is C34H24. The number of rotatable bonds is 4. The molecular weight excluding hydrogens is 408 g/mol. The van der Waals surface area contributed by atoms with Crippen LogP contribution in [0.25, 0.3) is 66.7 Å². The highest BCUT2D eigenvalue weighted by Crippen LogP contribution is 2.45. The van der Waals surface area contributed by atoms with E-state index in [1.54, 1.807) is 0 Å². The molecule has 0 unspecified atom stereocenters. The largest absolute Gasteiger partial charge is 0.0984 e. The highest BCUT2D eigenvalue weighted by Gasteiger charge is 2.19. The third-order valence-corrected chi connectivity index (χ3v) is 6.80. The summed E-state index contributed by atoms with van der Waals surface area (Å²) in [5.41, 5.74) is 7.06. The van der Waals surface area contributed by atoms with Crippen LogP contribution in [0.15, 0.2) is 122 Å². The van der Waals surface area contributed by atoms with E-state index in [9.17, 15) is 0 Å². The Morgan fingerprint density at radius 3 is 1.74 bits per heavy atom. The van der Waals surface area contributed by atoms with E-state index in [0.29, 0.717) is 0 Å². The van der Waals surface area contributed by atoms with E-state index >= 15 is 0 Å². The van der Waals surface area contributed by atoms with Crippen molar-refractivity contribution in [1.82, 2.24) is 0 Å². The molecule has 0 atom stereocenters. The van der Waals surface area contributed by atoms with Crippen molar-refractivity contribution in [2.45, 2.75) is 0 Å². The van der Waals surface area contributed by atoms with Crippen molar-refractivity contribution in [3.8, 4) is 22.3 Å². The predicted octanol–water partition coefficient (Wildman–Crippen LogP) is 9.77. The SMILES string of the molecule is C=Cc1c(C=C)c(-c2cccc3ccccc23)c2ccccc2c1-c1ccc2ccccc2c1. The fraction of sp³-hybridized carbons (Fsp3) is 0. The summed E-state index contributed by atoms with van der Waals surface area (Å²) in [5.74, 6) is 0. The number of hydrogen-bond acceptors (Lipinski definition) is 0. The zero-order valence-electron chi connectivity index (χ0n) is 19.0. The van der Waals surface area contributed by atoms with Crippen LogP contribution in [0.2, 0.25) is 0 Å². The van der Waals surface area contributed by atoms with Crippen molar-refractivity contribution in [3.05, 3.63) is 133 Å². The summed E-state index contributed by atoms with van der Waals surface area (Å²) < 4.78 is 0. The average Bonchev–Trinajstić information content (AvgIpc) is 2.91. The Morgan fingerprint density at radius 2 is 1.00 bits per heavy atom. The van der Waals surface area contributed by atoms with E-state index in [-0.39, 0.29) is 0 Å². The third kappa shape index (κ3) is 3.08. The van der Waals surface area contributed by atoms with Crippen LogP contribution in [0.4, 0.5) is 0 Å². The first-order valence-corrected chi connectivity index (χ1v) is 11.6. The molecule has 0 nitrogen and oxygen atoms in total. The molecule has 0 radical (unpaired) electrons. The van der Waals surface area contributed by atoms with E-state index in [1.165, 1.54) is 54.6 Å². The summed E-state index contributed by atoms with van der Waals surface area (Å²) in [6.07, 6.45) is 3.98. The maximum absolute atomic E-state index is 4.25. The quantitative estimate of drug-likeness (QED) is 0.260. The van der Waals surface area contributed by atoms with Crippen molar-refractivity contribution >= 4 is 44.5 Å². The molecule has 6 aromatic carbocycles. The van der Waals surface area contributed by atoms with Gasteiger partial charge in [0.2, 0.25) is 0 Å². The van der Waals surface area contributed by atoms with E-state index in [2.05, 4.69) is 122 Å². The Hall–Kier alpha value is -4.42. The molecule has 0 aromatic heterocycles. The Morgan fingerprint density at radius 1 is 0.441 bits per heavy atom. The van der Waals surface area contributed by atoms with Gasteiger partial charge in [-0.15, -0.1) is 0 Å². The Kier molecular flexibility index (Phi) is 4.86. The fourth-order valence-corrected chi connectivity index (χ4v) is 5.29. The molecule has 0 spiro atoms. The molecule has 0 aliphatic heterocycles. The maximum atomic E-state index is 4.25. The monoisotopic (exact) mass is 432 g/mol. The maximum Gasteiger partial charge on any atom is -0.00204 e.